The van der Waals surface area contributed by atoms with Crippen molar-refractivity contribution in [2.24, 2.45) is 0 Å². The Balaban J connectivity index is 0.00000208. The van der Waals surface area contributed by atoms with Gasteiger partial charge in [0.05, 0.1) is 13.2 Å². The molecule has 1 atom stereocenters. The molecule has 1 fully saturated rings. The third-order valence-corrected chi connectivity index (χ3v) is 5.33. The first kappa shape index (κ1) is 19.1. The highest BCUT2D eigenvalue weighted by Crippen LogP contribution is 2.28. The molecule has 9 heteroatoms. The molecule has 0 spiro atoms. The molecule has 3 rings (SSSR count). The van der Waals surface area contributed by atoms with Crippen molar-refractivity contribution < 1.29 is 9.53 Å². The molecule has 0 radical (unpaired) electrons. The molecule has 0 aliphatic carbocycles. The average molecular weight is 387 g/mol. The molecule has 0 bridgehead atoms. The Labute approximate surface area is 155 Å². The summed E-state index contributed by atoms with van der Waals surface area (Å²) in [5, 5.41) is 14.7. The van der Waals surface area contributed by atoms with Gasteiger partial charge in [-0.05, 0) is 5.56 Å². The summed E-state index contributed by atoms with van der Waals surface area (Å²) in [6, 6.07) is 10.3. The Hall–Kier alpha value is -1.19. The molecule has 1 amide bonds. The number of amides is 1. The number of morpholine rings is 1. The number of ether oxygens (including phenoxy) is 1. The van der Waals surface area contributed by atoms with Crippen LogP contribution in [-0.4, -0.2) is 41.9 Å². The van der Waals surface area contributed by atoms with E-state index < -0.39 is 0 Å². The number of carbonyl (C=O) groups is 1. The summed E-state index contributed by atoms with van der Waals surface area (Å²) in [7, 11) is 0. The number of nitrogens with zero attached hydrogens (tertiary/aromatic N) is 2. The van der Waals surface area contributed by atoms with Crippen molar-refractivity contribution >= 4 is 46.5 Å². The zero-order valence-corrected chi connectivity index (χ0v) is 15.4. The lowest BCUT2D eigenvalue weighted by atomic mass is 10.2. The van der Waals surface area contributed by atoms with Gasteiger partial charge in [-0.25, -0.2) is 0 Å². The van der Waals surface area contributed by atoms with Crippen LogP contribution in [0.2, 0.25) is 0 Å². The number of nitrogens with one attached hydrogen (secondary N) is 2. The van der Waals surface area contributed by atoms with Gasteiger partial charge < -0.3 is 15.4 Å². The van der Waals surface area contributed by atoms with Crippen molar-refractivity contribution in [3.05, 3.63) is 35.9 Å². The topological polar surface area (TPSA) is 76.1 Å². The number of hydrogen-bond donors (Lipinski definition) is 2. The van der Waals surface area contributed by atoms with E-state index in [9.17, 15) is 4.79 Å². The maximum Gasteiger partial charge on any atom is 0.227 e. The van der Waals surface area contributed by atoms with Gasteiger partial charge in [-0.2, -0.15) is 0 Å². The van der Waals surface area contributed by atoms with Crippen LogP contribution in [0.5, 0.6) is 0 Å². The first-order valence-corrected chi connectivity index (χ1v) is 9.21. The van der Waals surface area contributed by atoms with E-state index in [-0.39, 0.29) is 24.4 Å². The summed E-state index contributed by atoms with van der Waals surface area (Å²) in [5.41, 5.74) is 1.24. The molecular weight excluding hydrogens is 368 g/mol. The summed E-state index contributed by atoms with van der Waals surface area (Å²) in [5.74, 6) is 0.774. The highest BCUT2D eigenvalue weighted by molar-refractivity contribution is 8.00. The summed E-state index contributed by atoms with van der Waals surface area (Å²) in [4.78, 5) is 12.0. The molecule has 1 aromatic heterocycles. The molecule has 6 nitrogen and oxygen atoms in total. The number of anilines is 1. The predicted octanol–water partition coefficient (Wildman–Crippen LogP) is 2.57. The molecule has 1 aliphatic rings. The predicted molar refractivity (Wildman–Crippen MR) is 99.0 cm³/mol. The monoisotopic (exact) mass is 386 g/mol. The Kier molecular flexibility index (Phi) is 7.93. The Bertz CT molecular complexity index is 635. The van der Waals surface area contributed by atoms with E-state index in [0.29, 0.717) is 24.8 Å². The van der Waals surface area contributed by atoms with Crippen molar-refractivity contribution in [2.45, 2.75) is 22.6 Å². The van der Waals surface area contributed by atoms with Gasteiger partial charge >= 0.3 is 0 Å². The van der Waals surface area contributed by atoms with Crippen LogP contribution < -0.4 is 10.6 Å². The zero-order chi connectivity index (χ0) is 15.9. The molecular formula is C15H19ClN4O2S2. The minimum atomic E-state index is -0.0660. The fraction of sp³-hybridized carbons (Fsp3) is 0.400. The molecule has 1 unspecified atom stereocenters. The van der Waals surface area contributed by atoms with Gasteiger partial charge in [0.15, 0.2) is 4.34 Å². The molecule has 0 saturated carbocycles. The first-order valence-electron chi connectivity index (χ1n) is 7.41. The van der Waals surface area contributed by atoms with Crippen molar-refractivity contribution in [3.8, 4) is 0 Å². The van der Waals surface area contributed by atoms with E-state index in [1.54, 1.807) is 11.8 Å². The Morgan fingerprint density at radius 2 is 2.21 bits per heavy atom. The minimum absolute atomic E-state index is 0. The molecule has 1 saturated heterocycles. The zero-order valence-electron chi connectivity index (χ0n) is 12.9. The maximum atomic E-state index is 12.0. The normalized spacial score (nSPS) is 17.1. The van der Waals surface area contributed by atoms with Gasteiger partial charge in [0.1, 0.15) is 0 Å². The average Bonchev–Trinajstić information content (AvgIpc) is 3.02. The Morgan fingerprint density at radius 3 is 2.96 bits per heavy atom. The SMILES string of the molecule is Cl.O=C(CC1COCCN1)Nc1nnc(SCc2ccccc2)s1. The number of halogens is 1. The van der Waals surface area contributed by atoms with Gasteiger partial charge in [-0.3, -0.25) is 4.79 Å². The van der Waals surface area contributed by atoms with E-state index in [0.717, 1.165) is 16.6 Å². The fourth-order valence-electron chi connectivity index (χ4n) is 2.18. The van der Waals surface area contributed by atoms with Crippen LogP contribution in [0.3, 0.4) is 0 Å². The standard InChI is InChI=1S/C15H18N4O2S2.ClH/c20-13(8-12-9-21-7-6-16-12)17-14-18-19-15(23-14)22-10-11-4-2-1-3-5-11;/h1-5,12,16H,6-10H2,(H,17,18,20);1H. The van der Waals surface area contributed by atoms with Crippen LogP contribution in [-0.2, 0) is 15.3 Å². The van der Waals surface area contributed by atoms with Crippen molar-refractivity contribution in [3.63, 3.8) is 0 Å². The van der Waals surface area contributed by atoms with Crippen LogP contribution in [0.15, 0.2) is 34.7 Å². The largest absolute Gasteiger partial charge is 0.378 e. The second-order valence-electron chi connectivity index (χ2n) is 5.13. The maximum absolute atomic E-state index is 12.0. The fourth-order valence-corrected chi connectivity index (χ4v) is 3.91. The lowest BCUT2D eigenvalue weighted by Crippen LogP contribution is -2.43. The second-order valence-corrected chi connectivity index (χ2v) is 7.33. The lowest BCUT2D eigenvalue weighted by Gasteiger charge is -2.22. The highest BCUT2D eigenvalue weighted by Gasteiger charge is 2.18. The second kappa shape index (κ2) is 9.95. The number of benzene rings is 1. The van der Waals surface area contributed by atoms with Crippen molar-refractivity contribution in [1.82, 2.24) is 15.5 Å². The lowest BCUT2D eigenvalue weighted by molar-refractivity contribution is -0.117. The summed E-state index contributed by atoms with van der Waals surface area (Å²) >= 11 is 3.02. The van der Waals surface area contributed by atoms with E-state index in [1.807, 2.05) is 18.2 Å². The minimum Gasteiger partial charge on any atom is -0.378 e. The van der Waals surface area contributed by atoms with Gasteiger partial charge in [0.2, 0.25) is 11.0 Å². The molecule has 24 heavy (non-hydrogen) atoms. The number of rotatable bonds is 6. The van der Waals surface area contributed by atoms with Crippen LogP contribution in [0, 0.1) is 0 Å². The van der Waals surface area contributed by atoms with Gasteiger partial charge in [0.25, 0.3) is 0 Å². The number of thioether (sulfide) groups is 1. The van der Waals surface area contributed by atoms with Crippen molar-refractivity contribution in [2.75, 3.05) is 25.1 Å². The molecule has 1 aromatic carbocycles. The quantitative estimate of drug-likeness (QED) is 0.587. The third-order valence-electron chi connectivity index (χ3n) is 3.29. The van der Waals surface area contributed by atoms with E-state index in [2.05, 4.69) is 33.0 Å². The summed E-state index contributed by atoms with van der Waals surface area (Å²) in [6.45, 7) is 2.06. The first-order chi connectivity index (χ1) is 11.3. The molecule has 1 aliphatic heterocycles. The summed E-state index contributed by atoms with van der Waals surface area (Å²) in [6.07, 6.45) is 0.381. The molecule has 2 aromatic rings. The van der Waals surface area contributed by atoms with E-state index in [4.69, 9.17) is 4.74 Å². The van der Waals surface area contributed by atoms with Crippen LogP contribution in [0.4, 0.5) is 5.13 Å². The number of carbonyl (C=O) groups excluding carboxylic acids is 1. The summed E-state index contributed by atoms with van der Waals surface area (Å²) < 4.78 is 6.19. The molecule has 2 heterocycles. The van der Waals surface area contributed by atoms with Crippen LogP contribution >= 0.6 is 35.5 Å². The van der Waals surface area contributed by atoms with Gasteiger partial charge in [-0.1, -0.05) is 53.4 Å². The van der Waals surface area contributed by atoms with Crippen LogP contribution in [0.1, 0.15) is 12.0 Å². The smallest absolute Gasteiger partial charge is 0.227 e. The van der Waals surface area contributed by atoms with Gasteiger partial charge in [-0.15, -0.1) is 22.6 Å². The van der Waals surface area contributed by atoms with Crippen LogP contribution in [0.25, 0.3) is 0 Å². The van der Waals surface area contributed by atoms with Gasteiger partial charge in [0, 0.05) is 24.8 Å². The van der Waals surface area contributed by atoms with Crippen molar-refractivity contribution in [1.29, 1.82) is 0 Å². The Morgan fingerprint density at radius 1 is 1.38 bits per heavy atom. The van der Waals surface area contributed by atoms with E-state index >= 15 is 0 Å². The number of hydrogen-bond acceptors (Lipinski definition) is 7. The third kappa shape index (κ3) is 6.03. The molecule has 130 valence electrons. The van der Waals surface area contributed by atoms with E-state index in [1.165, 1.54) is 16.9 Å². The number of aromatic nitrogens is 2. The molecule has 2 N–H and O–H groups in total. The highest BCUT2D eigenvalue weighted by atomic mass is 35.5.